The molecule has 1 aliphatic rings. The van der Waals surface area contributed by atoms with Crippen LogP contribution in [0.1, 0.15) is 40.2 Å². The number of rotatable bonds is 4. The van der Waals surface area contributed by atoms with Crippen LogP contribution in [0.3, 0.4) is 0 Å². The van der Waals surface area contributed by atoms with E-state index in [1.807, 2.05) is 49.4 Å². The number of aromatic nitrogens is 1. The van der Waals surface area contributed by atoms with E-state index in [0.29, 0.717) is 11.3 Å². The normalized spacial score (nSPS) is 14.2. The van der Waals surface area contributed by atoms with Crippen LogP contribution in [0.25, 0.3) is 10.6 Å². The Hall–Kier alpha value is -2.99. The zero-order chi connectivity index (χ0) is 18.8. The van der Waals surface area contributed by atoms with E-state index in [9.17, 15) is 9.59 Å². The lowest BCUT2D eigenvalue weighted by Gasteiger charge is -2.20. The van der Waals surface area contributed by atoms with Gasteiger partial charge in [0.2, 0.25) is 5.91 Å². The van der Waals surface area contributed by atoms with Crippen LogP contribution in [0.15, 0.2) is 54.7 Å². The summed E-state index contributed by atoms with van der Waals surface area (Å²) in [5.74, 6) is -0.0794. The third-order valence-corrected chi connectivity index (χ3v) is 5.67. The van der Waals surface area contributed by atoms with E-state index in [1.165, 1.54) is 11.3 Å². The first-order valence-corrected chi connectivity index (χ1v) is 9.66. The van der Waals surface area contributed by atoms with Gasteiger partial charge < -0.3 is 10.6 Å². The molecule has 136 valence electrons. The topological polar surface area (TPSA) is 71.1 Å². The highest BCUT2D eigenvalue weighted by molar-refractivity contribution is 7.16. The number of thiazole rings is 1. The molecule has 0 spiro atoms. The number of aryl methyl sites for hydroxylation is 1. The maximum absolute atomic E-state index is 12.6. The lowest BCUT2D eigenvalue weighted by molar-refractivity contribution is -0.116. The fraction of sp³-hybridized carbons (Fsp3) is 0.190. The van der Waals surface area contributed by atoms with Crippen LogP contribution in [0.4, 0.5) is 5.69 Å². The number of fused-ring (bicyclic) bond motifs is 1. The molecule has 3 aromatic rings. The average Bonchev–Trinajstić information content (AvgIpc) is 3.18. The molecule has 0 fully saturated rings. The van der Waals surface area contributed by atoms with Gasteiger partial charge in [-0.25, -0.2) is 4.98 Å². The van der Waals surface area contributed by atoms with Crippen LogP contribution >= 0.6 is 11.3 Å². The molecule has 6 heteroatoms. The molecule has 2 N–H and O–H groups in total. The number of nitrogens with zero attached hydrogens (tertiary/aromatic N) is 1. The molecule has 4 rings (SSSR count). The van der Waals surface area contributed by atoms with Crippen LogP contribution in [0, 0.1) is 0 Å². The Morgan fingerprint density at radius 1 is 1.19 bits per heavy atom. The Morgan fingerprint density at radius 2 is 2.00 bits per heavy atom. The van der Waals surface area contributed by atoms with Crippen molar-refractivity contribution in [1.82, 2.24) is 10.3 Å². The molecule has 0 aliphatic carbocycles. The van der Waals surface area contributed by atoms with Gasteiger partial charge in [-0.2, -0.15) is 0 Å². The van der Waals surface area contributed by atoms with Crippen molar-refractivity contribution in [3.63, 3.8) is 0 Å². The van der Waals surface area contributed by atoms with Crippen LogP contribution in [0.5, 0.6) is 0 Å². The van der Waals surface area contributed by atoms with Gasteiger partial charge in [0.15, 0.2) is 0 Å². The minimum absolute atomic E-state index is 0.0519. The van der Waals surface area contributed by atoms with Crippen molar-refractivity contribution in [1.29, 1.82) is 0 Å². The van der Waals surface area contributed by atoms with Gasteiger partial charge in [0.1, 0.15) is 9.88 Å². The molecule has 0 bridgehead atoms. The van der Waals surface area contributed by atoms with E-state index >= 15 is 0 Å². The van der Waals surface area contributed by atoms with Gasteiger partial charge in [-0.3, -0.25) is 9.59 Å². The van der Waals surface area contributed by atoms with Gasteiger partial charge in [0.25, 0.3) is 5.91 Å². The Bertz CT molecular complexity index is 998. The van der Waals surface area contributed by atoms with Crippen molar-refractivity contribution in [2.24, 2.45) is 0 Å². The van der Waals surface area contributed by atoms with E-state index in [2.05, 4.69) is 21.7 Å². The zero-order valence-electron chi connectivity index (χ0n) is 14.9. The predicted octanol–water partition coefficient (Wildman–Crippen LogP) is 4.19. The highest BCUT2D eigenvalue weighted by Crippen LogP contribution is 2.27. The average molecular weight is 377 g/mol. The van der Waals surface area contributed by atoms with Crippen molar-refractivity contribution in [2.45, 2.75) is 25.8 Å². The number of anilines is 1. The van der Waals surface area contributed by atoms with E-state index in [1.54, 1.807) is 6.20 Å². The van der Waals surface area contributed by atoms with Crippen LogP contribution < -0.4 is 10.6 Å². The maximum atomic E-state index is 12.6. The van der Waals surface area contributed by atoms with Crippen molar-refractivity contribution in [3.05, 3.63) is 70.7 Å². The van der Waals surface area contributed by atoms with Gasteiger partial charge >= 0.3 is 0 Å². The molecule has 5 nitrogen and oxygen atoms in total. The maximum Gasteiger partial charge on any atom is 0.263 e. The molecule has 1 unspecified atom stereocenters. The van der Waals surface area contributed by atoms with E-state index in [4.69, 9.17) is 0 Å². The van der Waals surface area contributed by atoms with E-state index in [-0.39, 0.29) is 17.9 Å². The second kappa shape index (κ2) is 7.32. The van der Waals surface area contributed by atoms with Gasteiger partial charge in [0.05, 0.1) is 12.2 Å². The first-order chi connectivity index (χ1) is 13.1. The van der Waals surface area contributed by atoms with Crippen molar-refractivity contribution in [3.8, 4) is 10.6 Å². The summed E-state index contributed by atoms with van der Waals surface area (Å²) in [5.41, 5.74) is 4.00. The summed E-state index contributed by atoms with van der Waals surface area (Å²) in [6.07, 6.45) is 2.85. The molecule has 2 amide bonds. The number of amides is 2. The summed E-state index contributed by atoms with van der Waals surface area (Å²) in [6.45, 7) is 1.96. The van der Waals surface area contributed by atoms with Crippen LogP contribution in [0.2, 0.25) is 0 Å². The van der Waals surface area contributed by atoms with Crippen LogP contribution in [-0.4, -0.2) is 16.8 Å². The van der Waals surface area contributed by atoms with Gasteiger partial charge in [0, 0.05) is 17.7 Å². The first kappa shape index (κ1) is 17.4. The smallest absolute Gasteiger partial charge is 0.263 e. The lowest BCUT2D eigenvalue weighted by atomic mass is 9.98. The molecular weight excluding hydrogens is 358 g/mol. The molecule has 0 saturated carbocycles. The third-order valence-electron chi connectivity index (χ3n) is 4.62. The largest absolute Gasteiger partial charge is 0.345 e. The summed E-state index contributed by atoms with van der Waals surface area (Å²) in [6, 6.07) is 15.6. The van der Waals surface area contributed by atoms with Crippen molar-refractivity contribution < 1.29 is 9.59 Å². The SMILES string of the molecule is CC(NC(=O)c1cnc(-c2ccccc2)s1)c1ccc2c(c1)CCC(=O)N2. The number of hydrogen-bond donors (Lipinski definition) is 2. The monoisotopic (exact) mass is 377 g/mol. The summed E-state index contributed by atoms with van der Waals surface area (Å²) < 4.78 is 0. The van der Waals surface area contributed by atoms with Crippen LogP contribution in [-0.2, 0) is 11.2 Å². The molecule has 2 aromatic carbocycles. The summed E-state index contributed by atoms with van der Waals surface area (Å²) in [4.78, 5) is 29.0. The minimum Gasteiger partial charge on any atom is -0.345 e. The van der Waals surface area contributed by atoms with E-state index in [0.717, 1.165) is 33.8 Å². The summed E-state index contributed by atoms with van der Waals surface area (Å²) >= 11 is 1.38. The number of benzene rings is 2. The van der Waals surface area contributed by atoms with Gasteiger partial charge in [-0.15, -0.1) is 11.3 Å². The second-order valence-electron chi connectivity index (χ2n) is 6.56. The minimum atomic E-state index is -0.136. The Labute approximate surface area is 161 Å². The molecule has 27 heavy (non-hydrogen) atoms. The number of nitrogens with one attached hydrogen (secondary N) is 2. The standard InChI is InChI=1S/C21H19N3O2S/c1-13(15-7-9-17-16(11-15)8-10-19(25)24-17)23-20(26)18-12-22-21(27-18)14-5-3-2-4-6-14/h2-7,9,11-13H,8,10H2,1H3,(H,23,26)(H,24,25). The highest BCUT2D eigenvalue weighted by atomic mass is 32.1. The number of carbonyl (C=O) groups excluding carboxylic acids is 2. The summed E-state index contributed by atoms with van der Waals surface area (Å²) in [5, 5.41) is 6.75. The second-order valence-corrected chi connectivity index (χ2v) is 7.59. The molecule has 0 radical (unpaired) electrons. The fourth-order valence-corrected chi connectivity index (χ4v) is 3.94. The number of carbonyl (C=O) groups is 2. The number of hydrogen-bond acceptors (Lipinski definition) is 4. The van der Waals surface area contributed by atoms with Gasteiger partial charge in [-0.05, 0) is 30.5 Å². The van der Waals surface area contributed by atoms with Crippen molar-refractivity contribution in [2.75, 3.05) is 5.32 Å². The highest BCUT2D eigenvalue weighted by Gasteiger charge is 2.18. The molecule has 0 saturated heterocycles. The predicted molar refractivity (Wildman–Crippen MR) is 107 cm³/mol. The zero-order valence-corrected chi connectivity index (χ0v) is 15.7. The fourth-order valence-electron chi connectivity index (χ4n) is 3.12. The summed E-state index contributed by atoms with van der Waals surface area (Å²) in [7, 11) is 0. The molecule has 1 aromatic heterocycles. The van der Waals surface area contributed by atoms with E-state index < -0.39 is 0 Å². The van der Waals surface area contributed by atoms with Gasteiger partial charge in [-0.1, -0.05) is 42.5 Å². The first-order valence-electron chi connectivity index (χ1n) is 8.85. The lowest BCUT2D eigenvalue weighted by Crippen LogP contribution is -2.26. The third kappa shape index (κ3) is 3.75. The molecular formula is C21H19N3O2S. The van der Waals surface area contributed by atoms with Crippen molar-refractivity contribution >= 4 is 28.8 Å². The molecule has 1 aliphatic heterocycles. The molecule has 2 heterocycles. The molecule has 1 atom stereocenters. The Morgan fingerprint density at radius 3 is 2.81 bits per heavy atom. The Balaban J connectivity index is 1.47. The Kier molecular flexibility index (Phi) is 4.73. The quantitative estimate of drug-likeness (QED) is 0.716.